The standard InChI is InChI=1S/C16H16BrNO2/c1-9-6-12(16(19)20)4-5-14(9)18-15-10(2)7-13(17)8-11(15)3/h4-8,18H,1-3H3,(H,19,20). The predicted molar refractivity (Wildman–Crippen MR) is 85.0 cm³/mol. The van der Waals surface area contributed by atoms with Gasteiger partial charge in [-0.1, -0.05) is 15.9 Å². The maximum absolute atomic E-state index is 10.9. The molecule has 0 spiro atoms. The second-order valence-corrected chi connectivity index (χ2v) is 5.79. The van der Waals surface area contributed by atoms with Crippen molar-refractivity contribution in [3.8, 4) is 0 Å². The van der Waals surface area contributed by atoms with Crippen LogP contribution >= 0.6 is 15.9 Å². The molecule has 0 saturated carbocycles. The first-order chi connectivity index (χ1) is 9.38. The summed E-state index contributed by atoms with van der Waals surface area (Å²) in [4.78, 5) is 10.9. The molecule has 0 bridgehead atoms. The van der Waals surface area contributed by atoms with Crippen LogP contribution in [0.4, 0.5) is 11.4 Å². The first-order valence-electron chi connectivity index (χ1n) is 6.26. The van der Waals surface area contributed by atoms with E-state index >= 15 is 0 Å². The minimum atomic E-state index is -0.907. The number of rotatable bonds is 3. The van der Waals surface area contributed by atoms with Crippen molar-refractivity contribution in [2.24, 2.45) is 0 Å². The zero-order valence-corrected chi connectivity index (χ0v) is 13.2. The fourth-order valence-corrected chi connectivity index (χ4v) is 2.87. The van der Waals surface area contributed by atoms with Crippen molar-refractivity contribution in [1.82, 2.24) is 0 Å². The molecule has 20 heavy (non-hydrogen) atoms. The van der Waals surface area contributed by atoms with Crippen molar-refractivity contribution in [1.29, 1.82) is 0 Å². The summed E-state index contributed by atoms with van der Waals surface area (Å²) in [6, 6.07) is 9.20. The summed E-state index contributed by atoms with van der Waals surface area (Å²) in [6.07, 6.45) is 0. The number of benzene rings is 2. The molecule has 0 fully saturated rings. The Labute approximate surface area is 126 Å². The molecule has 0 radical (unpaired) electrons. The van der Waals surface area contributed by atoms with E-state index in [0.29, 0.717) is 5.56 Å². The van der Waals surface area contributed by atoms with E-state index in [-0.39, 0.29) is 0 Å². The molecule has 0 aliphatic heterocycles. The lowest BCUT2D eigenvalue weighted by Gasteiger charge is -2.15. The number of halogens is 1. The van der Waals surface area contributed by atoms with Crippen LogP contribution in [0.3, 0.4) is 0 Å². The SMILES string of the molecule is Cc1cc(C(=O)O)ccc1Nc1c(C)cc(Br)cc1C. The van der Waals surface area contributed by atoms with Gasteiger partial charge in [0, 0.05) is 15.8 Å². The fourth-order valence-electron chi connectivity index (χ4n) is 2.18. The number of aryl methyl sites for hydroxylation is 3. The first-order valence-corrected chi connectivity index (χ1v) is 7.05. The van der Waals surface area contributed by atoms with Crippen molar-refractivity contribution in [3.63, 3.8) is 0 Å². The Balaban J connectivity index is 2.38. The van der Waals surface area contributed by atoms with Gasteiger partial charge >= 0.3 is 5.97 Å². The number of carbonyl (C=O) groups is 1. The normalized spacial score (nSPS) is 10.4. The van der Waals surface area contributed by atoms with E-state index in [2.05, 4.69) is 33.4 Å². The molecule has 0 aromatic heterocycles. The number of anilines is 2. The maximum atomic E-state index is 10.9. The molecule has 2 aromatic rings. The Hall–Kier alpha value is -1.81. The highest BCUT2D eigenvalue weighted by molar-refractivity contribution is 9.10. The fraction of sp³-hybridized carbons (Fsp3) is 0.188. The van der Waals surface area contributed by atoms with Gasteiger partial charge in [0.05, 0.1) is 5.56 Å². The average molecular weight is 334 g/mol. The van der Waals surface area contributed by atoms with E-state index in [1.54, 1.807) is 18.2 Å². The number of hydrogen-bond acceptors (Lipinski definition) is 2. The number of nitrogens with one attached hydrogen (secondary N) is 1. The zero-order valence-electron chi connectivity index (χ0n) is 11.6. The Kier molecular flexibility index (Phi) is 4.14. The van der Waals surface area contributed by atoms with E-state index in [9.17, 15) is 4.79 Å². The lowest BCUT2D eigenvalue weighted by atomic mass is 10.1. The monoisotopic (exact) mass is 333 g/mol. The highest BCUT2D eigenvalue weighted by Crippen LogP contribution is 2.29. The molecule has 0 unspecified atom stereocenters. The van der Waals surface area contributed by atoms with Gasteiger partial charge < -0.3 is 10.4 Å². The van der Waals surface area contributed by atoms with Crippen LogP contribution in [-0.4, -0.2) is 11.1 Å². The summed E-state index contributed by atoms with van der Waals surface area (Å²) in [5.74, 6) is -0.907. The topological polar surface area (TPSA) is 49.3 Å². The number of carboxylic acid groups (broad SMARTS) is 1. The smallest absolute Gasteiger partial charge is 0.335 e. The van der Waals surface area contributed by atoms with Crippen molar-refractivity contribution in [2.75, 3.05) is 5.32 Å². The molecule has 2 N–H and O–H groups in total. The molecule has 0 saturated heterocycles. The quantitative estimate of drug-likeness (QED) is 0.846. The molecule has 4 heteroatoms. The molecule has 0 aliphatic carbocycles. The minimum absolute atomic E-state index is 0.303. The van der Waals surface area contributed by atoms with E-state index in [1.165, 1.54) is 0 Å². The second kappa shape index (κ2) is 5.67. The van der Waals surface area contributed by atoms with Crippen LogP contribution in [0, 0.1) is 20.8 Å². The molecule has 2 rings (SSSR count). The summed E-state index contributed by atoms with van der Waals surface area (Å²) >= 11 is 3.48. The maximum Gasteiger partial charge on any atom is 0.335 e. The third kappa shape index (κ3) is 3.02. The van der Waals surface area contributed by atoms with Crippen molar-refractivity contribution >= 4 is 33.3 Å². The van der Waals surface area contributed by atoms with Gasteiger partial charge in [-0.05, 0) is 67.8 Å². The minimum Gasteiger partial charge on any atom is -0.478 e. The number of hydrogen-bond donors (Lipinski definition) is 2. The average Bonchev–Trinajstić information content (AvgIpc) is 2.34. The van der Waals surface area contributed by atoms with Gasteiger partial charge in [0.15, 0.2) is 0 Å². The third-order valence-electron chi connectivity index (χ3n) is 3.23. The summed E-state index contributed by atoms with van der Waals surface area (Å²) < 4.78 is 1.05. The number of aromatic carboxylic acids is 1. The van der Waals surface area contributed by atoms with Crippen LogP contribution < -0.4 is 5.32 Å². The van der Waals surface area contributed by atoms with Crippen molar-refractivity contribution in [2.45, 2.75) is 20.8 Å². The largest absolute Gasteiger partial charge is 0.478 e. The van der Waals surface area contributed by atoms with Gasteiger partial charge in [0.25, 0.3) is 0 Å². The highest BCUT2D eigenvalue weighted by atomic mass is 79.9. The molecule has 0 amide bonds. The van der Waals surface area contributed by atoms with Gasteiger partial charge in [-0.25, -0.2) is 4.79 Å². The molecular weight excluding hydrogens is 318 g/mol. The lowest BCUT2D eigenvalue weighted by Crippen LogP contribution is -2.01. The molecule has 0 heterocycles. The number of carboxylic acids is 1. The van der Waals surface area contributed by atoms with Crippen LogP contribution in [0.5, 0.6) is 0 Å². The third-order valence-corrected chi connectivity index (χ3v) is 3.69. The van der Waals surface area contributed by atoms with Crippen LogP contribution in [0.25, 0.3) is 0 Å². The summed E-state index contributed by atoms with van der Waals surface area (Å²) in [5, 5.41) is 12.4. The summed E-state index contributed by atoms with van der Waals surface area (Å²) in [6.45, 7) is 5.99. The van der Waals surface area contributed by atoms with Gasteiger partial charge in [0.1, 0.15) is 0 Å². The van der Waals surface area contributed by atoms with Gasteiger partial charge in [0.2, 0.25) is 0 Å². The van der Waals surface area contributed by atoms with E-state index < -0.39 is 5.97 Å². The van der Waals surface area contributed by atoms with Crippen LogP contribution in [0.1, 0.15) is 27.0 Å². The van der Waals surface area contributed by atoms with Crippen LogP contribution in [0.15, 0.2) is 34.8 Å². The molecule has 3 nitrogen and oxygen atoms in total. The van der Waals surface area contributed by atoms with Gasteiger partial charge in [-0.2, -0.15) is 0 Å². The van der Waals surface area contributed by atoms with E-state index in [0.717, 1.165) is 32.5 Å². The van der Waals surface area contributed by atoms with Crippen molar-refractivity contribution in [3.05, 3.63) is 57.1 Å². The lowest BCUT2D eigenvalue weighted by molar-refractivity contribution is 0.0697. The predicted octanol–water partition coefficient (Wildman–Crippen LogP) is 4.82. The highest BCUT2D eigenvalue weighted by Gasteiger charge is 2.09. The van der Waals surface area contributed by atoms with Crippen LogP contribution in [0.2, 0.25) is 0 Å². The Morgan fingerprint density at radius 1 is 1.05 bits per heavy atom. The molecule has 0 aliphatic rings. The first kappa shape index (κ1) is 14.6. The van der Waals surface area contributed by atoms with E-state index in [1.807, 2.05) is 20.8 Å². The summed E-state index contributed by atoms with van der Waals surface area (Å²) in [7, 11) is 0. The molecule has 0 atom stereocenters. The van der Waals surface area contributed by atoms with Gasteiger partial charge in [-0.15, -0.1) is 0 Å². The Morgan fingerprint density at radius 3 is 2.15 bits per heavy atom. The van der Waals surface area contributed by atoms with Gasteiger partial charge in [-0.3, -0.25) is 0 Å². The summed E-state index contributed by atoms with van der Waals surface area (Å²) in [5.41, 5.74) is 5.46. The van der Waals surface area contributed by atoms with Crippen LogP contribution in [-0.2, 0) is 0 Å². The second-order valence-electron chi connectivity index (χ2n) is 4.87. The molecule has 2 aromatic carbocycles. The van der Waals surface area contributed by atoms with E-state index in [4.69, 9.17) is 5.11 Å². The Morgan fingerprint density at radius 2 is 1.65 bits per heavy atom. The Bertz CT molecular complexity index is 657. The zero-order chi connectivity index (χ0) is 14.9. The molecular formula is C16H16BrNO2. The van der Waals surface area contributed by atoms with Crippen molar-refractivity contribution < 1.29 is 9.90 Å². The molecule has 104 valence electrons.